The fraction of sp³-hybridized carbons (Fsp3) is 0.294. The summed E-state index contributed by atoms with van der Waals surface area (Å²) in [6, 6.07) is 11.3. The van der Waals surface area contributed by atoms with E-state index in [1.165, 1.54) is 12.1 Å². The molecule has 1 aliphatic rings. The van der Waals surface area contributed by atoms with Gasteiger partial charge in [0.25, 0.3) is 0 Å². The first kappa shape index (κ1) is 15.4. The van der Waals surface area contributed by atoms with Crippen molar-refractivity contribution >= 4 is 0 Å². The third-order valence-electron chi connectivity index (χ3n) is 3.23. The van der Waals surface area contributed by atoms with Crippen molar-refractivity contribution in [3.63, 3.8) is 0 Å². The van der Waals surface area contributed by atoms with Crippen molar-refractivity contribution in [2.24, 2.45) is 0 Å². The first-order valence-corrected chi connectivity index (χ1v) is 7.31. The Morgan fingerprint density at radius 3 is 2.48 bits per heavy atom. The molecule has 5 nitrogen and oxygen atoms in total. The van der Waals surface area contributed by atoms with E-state index in [4.69, 9.17) is 18.9 Å². The summed E-state index contributed by atoms with van der Waals surface area (Å²) in [6.07, 6.45) is -0.907. The summed E-state index contributed by atoms with van der Waals surface area (Å²) in [4.78, 5) is 0. The summed E-state index contributed by atoms with van der Waals surface area (Å²) < 4.78 is 35.2. The van der Waals surface area contributed by atoms with E-state index < -0.39 is 11.9 Å². The minimum atomic E-state index is -0.907. The number of ether oxygens (including phenoxy) is 4. The summed E-state index contributed by atoms with van der Waals surface area (Å²) in [5.74, 6) is 1.27. The molecule has 2 aromatic rings. The molecule has 0 aliphatic carbocycles. The van der Waals surface area contributed by atoms with Crippen LogP contribution in [0.25, 0.3) is 0 Å². The van der Waals surface area contributed by atoms with Gasteiger partial charge in [0.1, 0.15) is 32.5 Å². The van der Waals surface area contributed by atoms with Crippen LogP contribution in [0.15, 0.2) is 42.5 Å². The monoisotopic (exact) mass is 320 g/mol. The van der Waals surface area contributed by atoms with Crippen molar-refractivity contribution in [1.82, 2.24) is 0 Å². The Labute approximate surface area is 133 Å². The van der Waals surface area contributed by atoms with Crippen LogP contribution >= 0.6 is 0 Å². The molecule has 0 saturated heterocycles. The van der Waals surface area contributed by atoms with Gasteiger partial charge in [0.15, 0.2) is 23.1 Å². The molecule has 2 aromatic carbocycles. The van der Waals surface area contributed by atoms with Gasteiger partial charge in [-0.15, -0.1) is 0 Å². The van der Waals surface area contributed by atoms with Gasteiger partial charge in [-0.1, -0.05) is 18.2 Å². The van der Waals surface area contributed by atoms with Crippen LogP contribution in [0, 0.1) is 5.82 Å². The highest BCUT2D eigenvalue weighted by Crippen LogP contribution is 2.38. The number of hydrogen-bond donors (Lipinski definition) is 1. The quantitative estimate of drug-likeness (QED) is 0.886. The second kappa shape index (κ2) is 7.19. The Morgan fingerprint density at radius 1 is 0.957 bits per heavy atom. The normalized spacial score (nSPS) is 14.2. The van der Waals surface area contributed by atoms with Crippen LogP contribution in [-0.2, 0) is 0 Å². The van der Waals surface area contributed by atoms with Crippen molar-refractivity contribution < 1.29 is 28.4 Å². The van der Waals surface area contributed by atoms with E-state index in [2.05, 4.69) is 0 Å². The summed E-state index contributed by atoms with van der Waals surface area (Å²) >= 11 is 0. The molecule has 1 aliphatic heterocycles. The number of aliphatic hydroxyl groups is 1. The van der Waals surface area contributed by atoms with Gasteiger partial charge in [-0.2, -0.15) is 0 Å². The van der Waals surface area contributed by atoms with Crippen LogP contribution in [-0.4, -0.2) is 37.6 Å². The van der Waals surface area contributed by atoms with Gasteiger partial charge in [0.2, 0.25) is 5.75 Å². The molecular formula is C17H17FO5. The topological polar surface area (TPSA) is 57.2 Å². The van der Waals surface area contributed by atoms with Gasteiger partial charge in [-0.05, 0) is 24.3 Å². The largest absolute Gasteiger partial charge is 0.488 e. The predicted molar refractivity (Wildman–Crippen MR) is 80.8 cm³/mol. The smallest absolute Gasteiger partial charge is 0.203 e. The molecule has 0 fully saturated rings. The van der Waals surface area contributed by atoms with E-state index in [1.807, 2.05) is 0 Å². The van der Waals surface area contributed by atoms with Crippen LogP contribution < -0.4 is 18.9 Å². The highest BCUT2D eigenvalue weighted by Gasteiger charge is 2.18. The molecule has 1 N–H and O–H groups in total. The molecule has 0 amide bonds. The second-order valence-electron chi connectivity index (χ2n) is 4.99. The number of aliphatic hydroxyl groups excluding tert-OH is 1. The van der Waals surface area contributed by atoms with Crippen molar-refractivity contribution in [2.45, 2.75) is 6.10 Å². The van der Waals surface area contributed by atoms with Crippen LogP contribution in [0.4, 0.5) is 4.39 Å². The molecule has 0 radical (unpaired) electrons. The molecule has 3 rings (SSSR count). The molecule has 23 heavy (non-hydrogen) atoms. The average Bonchev–Trinajstić information content (AvgIpc) is 2.59. The molecule has 1 heterocycles. The maximum atomic E-state index is 13.4. The lowest BCUT2D eigenvalue weighted by atomic mass is 10.3. The maximum absolute atomic E-state index is 13.4. The van der Waals surface area contributed by atoms with Gasteiger partial charge in [-0.25, -0.2) is 4.39 Å². The lowest BCUT2D eigenvalue weighted by Crippen LogP contribution is -2.25. The summed E-state index contributed by atoms with van der Waals surface area (Å²) in [5.41, 5.74) is 0. The van der Waals surface area contributed by atoms with Crippen molar-refractivity contribution in [3.8, 4) is 23.0 Å². The van der Waals surface area contributed by atoms with Crippen LogP contribution in [0.2, 0.25) is 0 Å². The van der Waals surface area contributed by atoms with E-state index >= 15 is 0 Å². The summed E-state index contributed by atoms with van der Waals surface area (Å²) in [7, 11) is 0. The van der Waals surface area contributed by atoms with Crippen LogP contribution in [0.1, 0.15) is 0 Å². The van der Waals surface area contributed by atoms with E-state index in [1.54, 1.807) is 30.3 Å². The fourth-order valence-corrected chi connectivity index (χ4v) is 2.14. The number of para-hydroxylation sites is 2. The fourth-order valence-electron chi connectivity index (χ4n) is 2.14. The maximum Gasteiger partial charge on any atom is 0.203 e. The molecule has 0 saturated carbocycles. The van der Waals surface area contributed by atoms with Gasteiger partial charge in [0.05, 0.1) is 0 Å². The molecule has 1 atom stereocenters. The zero-order valence-electron chi connectivity index (χ0n) is 12.4. The first-order valence-electron chi connectivity index (χ1n) is 7.31. The lowest BCUT2D eigenvalue weighted by molar-refractivity contribution is 0.0587. The highest BCUT2D eigenvalue weighted by molar-refractivity contribution is 5.51. The Hall–Kier alpha value is -2.47. The molecular weight excluding hydrogens is 303 g/mol. The zero-order valence-corrected chi connectivity index (χ0v) is 12.4. The van der Waals surface area contributed by atoms with E-state index in [-0.39, 0.29) is 19.0 Å². The molecule has 122 valence electrons. The van der Waals surface area contributed by atoms with Gasteiger partial charge < -0.3 is 24.1 Å². The predicted octanol–water partition coefficient (Wildman–Crippen LogP) is 2.42. The minimum absolute atomic E-state index is 0.00569. The van der Waals surface area contributed by atoms with Crippen LogP contribution in [0.5, 0.6) is 23.0 Å². The lowest BCUT2D eigenvalue weighted by Gasteiger charge is -2.21. The zero-order chi connectivity index (χ0) is 16.1. The second-order valence-corrected chi connectivity index (χ2v) is 4.99. The van der Waals surface area contributed by atoms with Crippen molar-refractivity contribution in [3.05, 3.63) is 48.3 Å². The highest BCUT2D eigenvalue weighted by atomic mass is 19.1. The molecule has 0 bridgehead atoms. The standard InChI is InChI=1S/C17H17FO5/c18-13-4-1-2-5-14(13)22-10-12(19)11-23-16-7-3-6-15-17(16)21-9-8-20-15/h1-7,12,19H,8-11H2. The van der Waals surface area contributed by atoms with Crippen LogP contribution in [0.3, 0.4) is 0 Å². The molecule has 6 heteroatoms. The summed E-state index contributed by atoms with van der Waals surface area (Å²) in [6.45, 7) is 0.865. The Balaban J connectivity index is 1.53. The first-order chi connectivity index (χ1) is 11.2. The van der Waals surface area contributed by atoms with Gasteiger partial charge >= 0.3 is 0 Å². The summed E-state index contributed by atoms with van der Waals surface area (Å²) in [5, 5.41) is 9.92. The third kappa shape index (κ3) is 3.84. The number of fused-ring (bicyclic) bond motifs is 1. The average molecular weight is 320 g/mol. The number of halogens is 1. The van der Waals surface area contributed by atoms with E-state index in [0.29, 0.717) is 30.5 Å². The molecule has 0 aromatic heterocycles. The number of hydrogen-bond acceptors (Lipinski definition) is 5. The number of benzene rings is 2. The molecule has 1 unspecified atom stereocenters. The Kier molecular flexibility index (Phi) is 4.83. The van der Waals surface area contributed by atoms with Crippen molar-refractivity contribution in [1.29, 1.82) is 0 Å². The minimum Gasteiger partial charge on any atom is -0.488 e. The number of rotatable bonds is 6. The Morgan fingerprint density at radius 2 is 1.65 bits per heavy atom. The van der Waals surface area contributed by atoms with Gasteiger partial charge in [0, 0.05) is 0 Å². The SMILES string of the molecule is OC(COc1ccccc1F)COc1cccc2c1OCCO2. The van der Waals surface area contributed by atoms with Gasteiger partial charge in [-0.3, -0.25) is 0 Å². The third-order valence-corrected chi connectivity index (χ3v) is 3.23. The Bertz CT molecular complexity index is 661. The van der Waals surface area contributed by atoms with E-state index in [9.17, 15) is 9.50 Å². The molecule has 0 spiro atoms. The van der Waals surface area contributed by atoms with Crippen molar-refractivity contribution in [2.75, 3.05) is 26.4 Å². The van der Waals surface area contributed by atoms with E-state index in [0.717, 1.165) is 0 Å².